The summed E-state index contributed by atoms with van der Waals surface area (Å²) >= 11 is 0. The predicted octanol–water partition coefficient (Wildman–Crippen LogP) is 2.11. The number of hydrogen-bond acceptors (Lipinski definition) is 3. The maximum atomic E-state index is 12.4. The Hall–Kier alpha value is -1.59. The van der Waals surface area contributed by atoms with E-state index in [1.807, 2.05) is 11.8 Å². The standard InChI is InChI=1S/C20H31N3O2/c1-16(24)18-10-13-23(15-18)20(25)21-14-19-8-5-11-22(19)12-9-17-6-3-2-4-7-17/h2-4,6-7,16,18-19,24H,5,8-15H2,1H3,(H,21,25)/t16-,18-,19-/m0/s1. The molecule has 5 heteroatoms. The number of aliphatic hydroxyl groups is 1. The van der Waals surface area contributed by atoms with Crippen molar-refractivity contribution in [2.75, 3.05) is 32.7 Å². The van der Waals surface area contributed by atoms with Gasteiger partial charge in [0.25, 0.3) is 0 Å². The average Bonchev–Trinajstić information content (AvgIpc) is 3.28. The molecule has 0 spiro atoms. The van der Waals surface area contributed by atoms with Gasteiger partial charge in [0.1, 0.15) is 0 Å². The zero-order valence-electron chi connectivity index (χ0n) is 15.2. The van der Waals surface area contributed by atoms with E-state index in [0.717, 1.165) is 45.4 Å². The first-order chi connectivity index (χ1) is 12.1. The Bertz CT molecular complexity index is 549. The van der Waals surface area contributed by atoms with Gasteiger partial charge in [0.05, 0.1) is 6.10 Å². The van der Waals surface area contributed by atoms with Crippen LogP contribution in [0.5, 0.6) is 0 Å². The van der Waals surface area contributed by atoms with Crippen LogP contribution in [0.2, 0.25) is 0 Å². The van der Waals surface area contributed by atoms with Gasteiger partial charge in [0.2, 0.25) is 0 Å². The number of rotatable bonds is 6. The fourth-order valence-corrected chi connectivity index (χ4v) is 4.02. The molecule has 3 rings (SSSR count). The van der Waals surface area contributed by atoms with Crippen LogP contribution < -0.4 is 5.32 Å². The molecule has 0 aliphatic carbocycles. The van der Waals surface area contributed by atoms with E-state index >= 15 is 0 Å². The summed E-state index contributed by atoms with van der Waals surface area (Å²) in [5.74, 6) is 0.222. The highest BCUT2D eigenvalue weighted by molar-refractivity contribution is 5.74. The van der Waals surface area contributed by atoms with Gasteiger partial charge < -0.3 is 15.3 Å². The summed E-state index contributed by atoms with van der Waals surface area (Å²) in [6.45, 7) is 6.15. The molecule has 0 aromatic heterocycles. The maximum absolute atomic E-state index is 12.4. The van der Waals surface area contributed by atoms with E-state index in [1.54, 1.807) is 0 Å². The van der Waals surface area contributed by atoms with Crippen LogP contribution in [0.15, 0.2) is 30.3 Å². The average molecular weight is 345 g/mol. The van der Waals surface area contributed by atoms with Gasteiger partial charge in [-0.3, -0.25) is 4.90 Å². The summed E-state index contributed by atoms with van der Waals surface area (Å²) in [5, 5.41) is 12.8. The molecule has 138 valence electrons. The largest absolute Gasteiger partial charge is 0.393 e. The number of urea groups is 1. The molecule has 25 heavy (non-hydrogen) atoms. The van der Waals surface area contributed by atoms with Crippen molar-refractivity contribution in [3.8, 4) is 0 Å². The van der Waals surface area contributed by atoms with Crippen molar-refractivity contribution in [2.45, 2.75) is 44.8 Å². The first-order valence-electron chi connectivity index (χ1n) is 9.62. The molecule has 2 aliphatic heterocycles. The zero-order chi connectivity index (χ0) is 17.6. The van der Waals surface area contributed by atoms with Gasteiger partial charge in [-0.25, -0.2) is 4.79 Å². The molecule has 2 N–H and O–H groups in total. The van der Waals surface area contributed by atoms with Crippen molar-refractivity contribution in [3.63, 3.8) is 0 Å². The highest BCUT2D eigenvalue weighted by atomic mass is 16.3. The van der Waals surface area contributed by atoms with Gasteiger partial charge in [-0.2, -0.15) is 0 Å². The highest BCUT2D eigenvalue weighted by Crippen LogP contribution is 2.20. The predicted molar refractivity (Wildman–Crippen MR) is 99.5 cm³/mol. The fourth-order valence-electron chi connectivity index (χ4n) is 4.02. The molecular weight excluding hydrogens is 314 g/mol. The van der Waals surface area contributed by atoms with Crippen LogP contribution in [-0.4, -0.2) is 65.8 Å². The fraction of sp³-hybridized carbons (Fsp3) is 0.650. The number of likely N-dealkylation sites (tertiary alicyclic amines) is 2. The SMILES string of the molecule is C[C@H](O)[C@H]1CCN(C(=O)NC[C@@H]2CCCN2CCc2ccccc2)C1. The van der Waals surface area contributed by atoms with Crippen LogP contribution in [0.3, 0.4) is 0 Å². The molecule has 1 aromatic rings. The third kappa shape index (κ3) is 4.95. The van der Waals surface area contributed by atoms with Gasteiger partial charge in [-0.15, -0.1) is 0 Å². The molecular formula is C20H31N3O2. The molecule has 2 amide bonds. The van der Waals surface area contributed by atoms with E-state index in [0.29, 0.717) is 12.6 Å². The molecule has 2 heterocycles. The number of nitrogens with zero attached hydrogens (tertiary/aromatic N) is 2. The van der Waals surface area contributed by atoms with Crippen molar-refractivity contribution in [3.05, 3.63) is 35.9 Å². The molecule has 1 aromatic carbocycles. The molecule has 2 fully saturated rings. The molecule has 2 aliphatic rings. The summed E-state index contributed by atoms with van der Waals surface area (Å²) in [4.78, 5) is 16.7. The Morgan fingerprint density at radius 2 is 2.08 bits per heavy atom. The Morgan fingerprint density at radius 3 is 2.80 bits per heavy atom. The third-order valence-corrected chi connectivity index (χ3v) is 5.71. The van der Waals surface area contributed by atoms with E-state index < -0.39 is 0 Å². The number of amides is 2. The van der Waals surface area contributed by atoms with Crippen LogP contribution in [0.1, 0.15) is 31.7 Å². The molecule has 2 saturated heterocycles. The van der Waals surface area contributed by atoms with Crippen LogP contribution >= 0.6 is 0 Å². The number of aliphatic hydroxyl groups excluding tert-OH is 1. The third-order valence-electron chi connectivity index (χ3n) is 5.71. The molecule has 0 unspecified atom stereocenters. The van der Waals surface area contributed by atoms with Crippen molar-refractivity contribution in [1.29, 1.82) is 0 Å². The summed E-state index contributed by atoms with van der Waals surface area (Å²) in [6, 6.07) is 11.1. The van der Waals surface area contributed by atoms with E-state index in [4.69, 9.17) is 0 Å². The number of benzene rings is 1. The van der Waals surface area contributed by atoms with Crippen LogP contribution in [-0.2, 0) is 6.42 Å². The number of nitrogens with one attached hydrogen (secondary N) is 1. The second-order valence-electron chi connectivity index (χ2n) is 7.49. The first-order valence-corrected chi connectivity index (χ1v) is 9.62. The van der Waals surface area contributed by atoms with Gasteiger partial charge in [-0.05, 0) is 44.7 Å². The van der Waals surface area contributed by atoms with Crippen LogP contribution in [0, 0.1) is 5.92 Å². The molecule has 0 bridgehead atoms. The number of carbonyl (C=O) groups excluding carboxylic acids is 1. The Kier molecular flexibility index (Phi) is 6.32. The van der Waals surface area contributed by atoms with Gasteiger partial charge in [-0.1, -0.05) is 30.3 Å². The lowest BCUT2D eigenvalue weighted by Gasteiger charge is -2.26. The zero-order valence-corrected chi connectivity index (χ0v) is 15.2. The van der Waals surface area contributed by atoms with E-state index in [9.17, 15) is 9.90 Å². The van der Waals surface area contributed by atoms with Crippen molar-refractivity contribution in [2.24, 2.45) is 5.92 Å². The quantitative estimate of drug-likeness (QED) is 0.830. The minimum Gasteiger partial charge on any atom is -0.393 e. The van der Waals surface area contributed by atoms with E-state index in [1.165, 1.54) is 12.0 Å². The van der Waals surface area contributed by atoms with Crippen molar-refractivity contribution in [1.82, 2.24) is 15.1 Å². The molecule has 0 saturated carbocycles. The smallest absolute Gasteiger partial charge is 0.317 e. The minimum atomic E-state index is -0.332. The Balaban J connectivity index is 1.42. The number of hydrogen-bond donors (Lipinski definition) is 2. The second kappa shape index (κ2) is 8.68. The molecule has 3 atom stereocenters. The summed E-state index contributed by atoms with van der Waals surface area (Å²) in [5.41, 5.74) is 1.37. The Labute approximate surface area is 151 Å². The lowest BCUT2D eigenvalue weighted by atomic mass is 10.0. The van der Waals surface area contributed by atoms with Crippen molar-refractivity contribution >= 4 is 6.03 Å². The minimum absolute atomic E-state index is 0.0260. The monoisotopic (exact) mass is 345 g/mol. The Morgan fingerprint density at radius 1 is 1.28 bits per heavy atom. The maximum Gasteiger partial charge on any atom is 0.317 e. The van der Waals surface area contributed by atoms with E-state index in [2.05, 4.69) is 40.5 Å². The van der Waals surface area contributed by atoms with Crippen molar-refractivity contribution < 1.29 is 9.90 Å². The number of carbonyl (C=O) groups is 1. The molecule has 0 radical (unpaired) electrons. The highest BCUT2D eigenvalue weighted by Gasteiger charge is 2.30. The normalized spacial score (nSPS) is 25.3. The summed E-state index contributed by atoms with van der Waals surface area (Å²) < 4.78 is 0. The summed E-state index contributed by atoms with van der Waals surface area (Å²) in [6.07, 6.45) is 4.00. The molecule has 5 nitrogen and oxygen atoms in total. The lowest BCUT2D eigenvalue weighted by molar-refractivity contribution is 0.129. The van der Waals surface area contributed by atoms with Gasteiger partial charge >= 0.3 is 6.03 Å². The topological polar surface area (TPSA) is 55.8 Å². The van der Waals surface area contributed by atoms with Crippen LogP contribution in [0.4, 0.5) is 4.79 Å². The second-order valence-corrected chi connectivity index (χ2v) is 7.49. The van der Waals surface area contributed by atoms with Gasteiger partial charge in [0.15, 0.2) is 0 Å². The summed E-state index contributed by atoms with van der Waals surface area (Å²) in [7, 11) is 0. The first kappa shape index (κ1) is 18.2. The van der Waals surface area contributed by atoms with Gasteiger partial charge in [0, 0.05) is 38.1 Å². The van der Waals surface area contributed by atoms with E-state index in [-0.39, 0.29) is 18.1 Å². The van der Waals surface area contributed by atoms with Crippen LogP contribution in [0.25, 0.3) is 0 Å². The lowest BCUT2D eigenvalue weighted by Crippen LogP contribution is -2.45.